The molecule has 2 fully saturated rings. The molecule has 104 valence electrons. The molecule has 1 saturated heterocycles. The molecule has 2 aliphatic rings. The first-order valence-corrected chi connectivity index (χ1v) is 7.25. The van der Waals surface area contributed by atoms with Crippen molar-refractivity contribution in [3.63, 3.8) is 0 Å². The third-order valence-electron chi connectivity index (χ3n) is 4.74. The minimum Gasteiger partial charge on any atom is -0.399 e. The van der Waals surface area contributed by atoms with E-state index in [9.17, 15) is 4.79 Å². The standard InChI is InChI=1S/C15H18N4O/c16-11-4-5-13-12(6-11)14(20)18-15(17-13)19-7-9-2-1-3-10(9)8-19/h4-6,9-10H,1-3,7-8,16H2,(H,17,18,20). The average Bonchev–Trinajstić information content (AvgIpc) is 3.00. The molecule has 1 saturated carbocycles. The fourth-order valence-electron chi connectivity index (χ4n) is 3.70. The van der Waals surface area contributed by atoms with Gasteiger partial charge in [-0.15, -0.1) is 0 Å². The number of fused-ring (bicyclic) bond motifs is 2. The van der Waals surface area contributed by atoms with Crippen molar-refractivity contribution in [2.75, 3.05) is 23.7 Å². The second-order valence-electron chi connectivity index (χ2n) is 6.02. The van der Waals surface area contributed by atoms with Gasteiger partial charge in [0.2, 0.25) is 5.95 Å². The molecule has 3 N–H and O–H groups in total. The van der Waals surface area contributed by atoms with Crippen LogP contribution in [-0.4, -0.2) is 23.1 Å². The van der Waals surface area contributed by atoms with Crippen molar-refractivity contribution in [1.29, 1.82) is 0 Å². The van der Waals surface area contributed by atoms with Crippen LogP contribution >= 0.6 is 0 Å². The number of nitrogens with one attached hydrogen (secondary N) is 1. The maximum absolute atomic E-state index is 12.2. The van der Waals surface area contributed by atoms with Crippen LogP contribution < -0.4 is 16.2 Å². The lowest BCUT2D eigenvalue weighted by atomic mass is 10.0. The minimum atomic E-state index is -0.102. The molecule has 1 aliphatic heterocycles. The van der Waals surface area contributed by atoms with Gasteiger partial charge in [-0.05, 0) is 42.9 Å². The highest BCUT2D eigenvalue weighted by Crippen LogP contribution is 2.38. The van der Waals surface area contributed by atoms with E-state index < -0.39 is 0 Å². The van der Waals surface area contributed by atoms with E-state index in [0.29, 0.717) is 17.0 Å². The second-order valence-corrected chi connectivity index (χ2v) is 6.02. The van der Waals surface area contributed by atoms with E-state index in [0.717, 1.165) is 30.4 Å². The van der Waals surface area contributed by atoms with E-state index in [1.807, 2.05) is 6.07 Å². The molecule has 5 heteroatoms. The third-order valence-corrected chi connectivity index (χ3v) is 4.74. The summed E-state index contributed by atoms with van der Waals surface area (Å²) in [5.74, 6) is 2.27. The first kappa shape index (κ1) is 11.8. The molecule has 1 aliphatic carbocycles. The fourth-order valence-corrected chi connectivity index (χ4v) is 3.70. The SMILES string of the molecule is Nc1ccc2nc(N3CC4CCCC4C3)[nH]c(=O)c2c1. The number of aromatic amines is 1. The Morgan fingerprint density at radius 2 is 2.00 bits per heavy atom. The number of H-pyrrole nitrogens is 1. The van der Waals surface area contributed by atoms with Gasteiger partial charge < -0.3 is 10.6 Å². The predicted octanol–water partition coefficient (Wildman–Crippen LogP) is 1.74. The number of anilines is 2. The van der Waals surface area contributed by atoms with Crippen molar-refractivity contribution in [1.82, 2.24) is 9.97 Å². The van der Waals surface area contributed by atoms with Crippen molar-refractivity contribution in [2.24, 2.45) is 11.8 Å². The lowest BCUT2D eigenvalue weighted by Gasteiger charge is -2.18. The van der Waals surface area contributed by atoms with Gasteiger partial charge in [0, 0.05) is 18.8 Å². The number of nitrogen functional groups attached to an aromatic ring is 1. The Kier molecular flexibility index (Phi) is 2.49. The van der Waals surface area contributed by atoms with E-state index in [-0.39, 0.29) is 5.56 Å². The van der Waals surface area contributed by atoms with Crippen LogP contribution in [0, 0.1) is 11.8 Å². The van der Waals surface area contributed by atoms with Gasteiger partial charge in [0.15, 0.2) is 0 Å². The van der Waals surface area contributed by atoms with Gasteiger partial charge in [0.05, 0.1) is 10.9 Å². The predicted molar refractivity (Wildman–Crippen MR) is 79.8 cm³/mol. The van der Waals surface area contributed by atoms with Crippen molar-refractivity contribution in [3.8, 4) is 0 Å². The molecule has 5 nitrogen and oxygen atoms in total. The summed E-state index contributed by atoms with van der Waals surface area (Å²) in [5.41, 5.74) is 6.93. The van der Waals surface area contributed by atoms with Crippen LogP contribution in [0.15, 0.2) is 23.0 Å². The van der Waals surface area contributed by atoms with Crippen LogP contribution in [0.3, 0.4) is 0 Å². The van der Waals surface area contributed by atoms with E-state index in [1.165, 1.54) is 19.3 Å². The maximum atomic E-state index is 12.2. The van der Waals surface area contributed by atoms with Crippen LogP contribution in [0.25, 0.3) is 10.9 Å². The summed E-state index contributed by atoms with van der Waals surface area (Å²) in [6.45, 7) is 2.04. The van der Waals surface area contributed by atoms with Gasteiger partial charge in [-0.2, -0.15) is 0 Å². The largest absolute Gasteiger partial charge is 0.399 e. The van der Waals surface area contributed by atoms with Crippen molar-refractivity contribution in [3.05, 3.63) is 28.6 Å². The Bertz CT molecular complexity index is 711. The molecule has 0 bridgehead atoms. The summed E-state index contributed by atoms with van der Waals surface area (Å²) in [6, 6.07) is 5.29. The molecule has 0 spiro atoms. The molecule has 1 aromatic carbocycles. The quantitative estimate of drug-likeness (QED) is 0.774. The van der Waals surface area contributed by atoms with Crippen LogP contribution in [0.1, 0.15) is 19.3 Å². The van der Waals surface area contributed by atoms with Crippen molar-refractivity contribution >= 4 is 22.5 Å². The smallest absolute Gasteiger partial charge is 0.260 e. The molecular formula is C15H18N4O. The van der Waals surface area contributed by atoms with Gasteiger partial charge in [-0.25, -0.2) is 4.98 Å². The van der Waals surface area contributed by atoms with Crippen molar-refractivity contribution in [2.45, 2.75) is 19.3 Å². The normalized spacial score (nSPS) is 25.3. The van der Waals surface area contributed by atoms with Gasteiger partial charge in [0.1, 0.15) is 0 Å². The Hall–Kier alpha value is -2.04. The third kappa shape index (κ3) is 1.77. The lowest BCUT2D eigenvalue weighted by molar-refractivity contribution is 0.494. The molecule has 4 rings (SSSR count). The van der Waals surface area contributed by atoms with Crippen LogP contribution in [0.5, 0.6) is 0 Å². The monoisotopic (exact) mass is 270 g/mol. The number of nitrogens with two attached hydrogens (primary N) is 1. The molecule has 2 unspecified atom stereocenters. The number of nitrogens with zero attached hydrogens (tertiary/aromatic N) is 2. The highest BCUT2D eigenvalue weighted by molar-refractivity contribution is 5.81. The summed E-state index contributed by atoms with van der Waals surface area (Å²) in [5, 5.41) is 0.563. The summed E-state index contributed by atoms with van der Waals surface area (Å²) >= 11 is 0. The van der Waals surface area contributed by atoms with E-state index in [2.05, 4.69) is 14.9 Å². The van der Waals surface area contributed by atoms with Crippen LogP contribution in [0.2, 0.25) is 0 Å². The number of benzene rings is 1. The number of hydrogen-bond donors (Lipinski definition) is 2. The maximum Gasteiger partial charge on any atom is 0.260 e. The minimum absolute atomic E-state index is 0.102. The van der Waals surface area contributed by atoms with Crippen LogP contribution in [-0.2, 0) is 0 Å². The molecule has 0 amide bonds. The first-order chi connectivity index (χ1) is 9.70. The lowest BCUT2D eigenvalue weighted by Crippen LogP contribution is -2.26. The molecule has 0 radical (unpaired) electrons. The van der Waals surface area contributed by atoms with Gasteiger partial charge in [-0.3, -0.25) is 9.78 Å². The zero-order chi connectivity index (χ0) is 13.7. The van der Waals surface area contributed by atoms with Gasteiger partial charge >= 0.3 is 0 Å². The zero-order valence-electron chi connectivity index (χ0n) is 11.3. The summed E-state index contributed by atoms with van der Waals surface area (Å²) in [7, 11) is 0. The Morgan fingerprint density at radius 1 is 1.25 bits per heavy atom. The molecule has 2 atom stereocenters. The molecule has 20 heavy (non-hydrogen) atoms. The van der Waals surface area contributed by atoms with E-state index in [4.69, 9.17) is 5.73 Å². The summed E-state index contributed by atoms with van der Waals surface area (Å²) < 4.78 is 0. The first-order valence-electron chi connectivity index (χ1n) is 7.25. The Morgan fingerprint density at radius 3 is 2.75 bits per heavy atom. The fraction of sp³-hybridized carbons (Fsp3) is 0.467. The highest BCUT2D eigenvalue weighted by atomic mass is 16.1. The van der Waals surface area contributed by atoms with Crippen molar-refractivity contribution < 1.29 is 0 Å². The molecule has 2 heterocycles. The number of hydrogen-bond acceptors (Lipinski definition) is 4. The van der Waals surface area contributed by atoms with Gasteiger partial charge in [0.25, 0.3) is 5.56 Å². The summed E-state index contributed by atoms with van der Waals surface area (Å²) in [4.78, 5) is 21.9. The Balaban J connectivity index is 1.74. The molecular weight excluding hydrogens is 252 g/mol. The molecule has 2 aromatic rings. The van der Waals surface area contributed by atoms with E-state index >= 15 is 0 Å². The van der Waals surface area contributed by atoms with E-state index in [1.54, 1.807) is 12.1 Å². The molecule has 1 aromatic heterocycles. The van der Waals surface area contributed by atoms with Gasteiger partial charge in [-0.1, -0.05) is 6.42 Å². The highest BCUT2D eigenvalue weighted by Gasteiger charge is 2.36. The second kappa shape index (κ2) is 4.23. The van der Waals surface area contributed by atoms with Crippen LogP contribution in [0.4, 0.5) is 11.6 Å². The number of aromatic nitrogens is 2. The topological polar surface area (TPSA) is 75.0 Å². The Labute approximate surface area is 116 Å². The average molecular weight is 270 g/mol. The summed E-state index contributed by atoms with van der Waals surface area (Å²) in [6.07, 6.45) is 3.98. The number of rotatable bonds is 1. The zero-order valence-corrected chi connectivity index (χ0v) is 11.3.